The van der Waals surface area contributed by atoms with Crippen LogP contribution in [0.3, 0.4) is 0 Å². The molecule has 2 aliphatic heterocycles. The zero-order valence-corrected chi connectivity index (χ0v) is 13.7. The molecular weight excluding hydrogens is 276 g/mol. The fourth-order valence-electron chi connectivity index (χ4n) is 3.93. The largest absolute Gasteiger partial charge is 0.329 e. The fraction of sp³-hybridized carbons (Fsp3) is 0.667. The zero-order chi connectivity index (χ0) is 14.5. The number of thioether (sulfide) groups is 1. The number of hydrogen-bond acceptors (Lipinski definition) is 3. The minimum Gasteiger partial charge on any atom is -0.329 e. The van der Waals surface area contributed by atoms with Gasteiger partial charge in [-0.3, -0.25) is 4.90 Å². The van der Waals surface area contributed by atoms with Gasteiger partial charge in [-0.25, -0.2) is 0 Å². The third kappa shape index (κ3) is 4.02. The van der Waals surface area contributed by atoms with E-state index >= 15 is 0 Å². The van der Waals surface area contributed by atoms with Crippen LogP contribution in [-0.4, -0.2) is 42.1 Å². The van der Waals surface area contributed by atoms with Gasteiger partial charge in [-0.05, 0) is 67.7 Å². The predicted octanol–water partition coefficient (Wildman–Crippen LogP) is 3.02. The van der Waals surface area contributed by atoms with Crippen molar-refractivity contribution in [2.45, 2.75) is 31.7 Å². The maximum absolute atomic E-state index is 6.09. The van der Waals surface area contributed by atoms with E-state index in [9.17, 15) is 0 Å². The Morgan fingerprint density at radius 3 is 2.52 bits per heavy atom. The van der Waals surface area contributed by atoms with Crippen molar-refractivity contribution in [2.75, 3.05) is 31.1 Å². The summed E-state index contributed by atoms with van der Waals surface area (Å²) in [7, 11) is 0. The minimum absolute atomic E-state index is 0.637. The first-order chi connectivity index (χ1) is 10.4. The Labute approximate surface area is 133 Å². The van der Waals surface area contributed by atoms with E-state index < -0.39 is 0 Å². The van der Waals surface area contributed by atoms with Crippen molar-refractivity contribution in [1.82, 2.24) is 4.90 Å². The van der Waals surface area contributed by atoms with Crippen LogP contribution in [0.4, 0.5) is 0 Å². The van der Waals surface area contributed by atoms with Gasteiger partial charge in [-0.2, -0.15) is 11.8 Å². The molecular formula is C18H28N2S. The van der Waals surface area contributed by atoms with Gasteiger partial charge in [0, 0.05) is 12.6 Å². The standard InChI is InChI=1S/C18H28N2S/c19-13-18(17-8-11-21-14-17)20-9-6-16(7-10-20)12-15-4-2-1-3-5-15/h1-5,16-18H,6-14,19H2. The summed E-state index contributed by atoms with van der Waals surface area (Å²) >= 11 is 2.11. The van der Waals surface area contributed by atoms with Crippen molar-refractivity contribution >= 4 is 11.8 Å². The van der Waals surface area contributed by atoms with Crippen LogP contribution in [0, 0.1) is 11.8 Å². The van der Waals surface area contributed by atoms with Gasteiger partial charge in [-0.1, -0.05) is 30.3 Å². The summed E-state index contributed by atoms with van der Waals surface area (Å²) in [5, 5.41) is 0. The molecule has 0 saturated carbocycles. The van der Waals surface area contributed by atoms with Crippen LogP contribution in [0.1, 0.15) is 24.8 Å². The van der Waals surface area contributed by atoms with Gasteiger partial charge < -0.3 is 5.73 Å². The molecule has 116 valence electrons. The van der Waals surface area contributed by atoms with E-state index in [1.165, 1.54) is 55.8 Å². The Morgan fingerprint density at radius 1 is 1.14 bits per heavy atom. The Morgan fingerprint density at radius 2 is 1.90 bits per heavy atom. The van der Waals surface area contributed by atoms with Crippen molar-refractivity contribution in [2.24, 2.45) is 17.6 Å². The molecule has 0 amide bonds. The SMILES string of the molecule is NCC(C1CCSC1)N1CCC(Cc2ccccc2)CC1. The van der Waals surface area contributed by atoms with Gasteiger partial charge in [0.25, 0.3) is 0 Å². The molecule has 2 atom stereocenters. The van der Waals surface area contributed by atoms with Gasteiger partial charge in [0.05, 0.1) is 0 Å². The van der Waals surface area contributed by atoms with Crippen molar-refractivity contribution in [3.8, 4) is 0 Å². The molecule has 0 aromatic heterocycles. The Bertz CT molecular complexity index is 408. The molecule has 2 fully saturated rings. The molecule has 3 rings (SSSR count). The molecule has 2 nitrogen and oxygen atoms in total. The molecule has 21 heavy (non-hydrogen) atoms. The first kappa shape index (κ1) is 15.4. The number of piperidine rings is 1. The van der Waals surface area contributed by atoms with Crippen LogP contribution in [0.5, 0.6) is 0 Å². The van der Waals surface area contributed by atoms with Crippen LogP contribution in [-0.2, 0) is 6.42 Å². The third-order valence-corrected chi connectivity index (χ3v) is 6.42. The van der Waals surface area contributed by atoms with Crippen LogP contribution >= 0.6 is 11.8 Å². The topological polar surface area (TPSA) is 29.3 Å². The number of likely N-dealkylation sites (tertiary alicyclic amines) is 1. The first-order valence-electron chi connectivity index (χ1n) is 8.42. The molecule has 3 heteroatoms. The van der Waals surface area contributed by atoms with E-state index in [0.717, 1.165) is 18.4 Å². The molecule has 2 heterocycles. The monoisotopic (exact) mass is 304 g/mol. The summed E-state index contributed by atoms with van der Waals surface area (Å²) in [6.45, 7) is 3.34. The number of nitrogens with two attached hydrogens (primary N) is 1. The van der Waals surface area contributed by atoms with E-state index in [-0.39, 0.29) is 0 Å². The van der Waals surface area contributed by atoms with Gasteiger partial charge in [0.2, 0.25) is 0 Å². The summed E-state index contributed by atoms with van der Waals surface area (Å²) in [5.41, 5.74) is 7.59. The summed E-state index contributed by atoms with van der Waals surface area (Å²) in [6.07, 6.45) is 5.30. The van der Waals surface area contributed by atoms with E-state index in [1.54, 1.807) is 0 Å². The minimum atomic E-state index is 0.637. The molecule has 2 saturated heterocycles. The lowest BCUT2D eigenvalue weighted by Gasteiger charge is -2.39. The lowest BCUT2D eigenvalue weighted by Crippen LogP contribution is -2.49. The van der Waals surface area contributed by atoms with Gasteiger partial charge in [0.15, 0.2) is 0 Å². The number of hydrogen-bond donors (Lipinski definition) is 1. The van der Waals surface area contributed by atoms with Crippen molar-refractivity contribution < 1.29 is 0 Å². The van der Waals surface area contributed by atoms with Crippen LogP contribution in [0.25, 0.3) is 0 Å². The average Bonchev–Trinajstić information content (AvgIpc) is 3.05. The molecule has 1 aromatic carbocycles. The lowest BCUT2D eigenvalue weighted by molar-refractivity contribution is 0.105. The first-order valence-corrected chi connectivity index (χ1v) is 9.58. The fourth-order valence-corrected chi connectivity index (χ4v) is 5.26. The predicted molar refractivity (Wildman–Crippen MR) is 92.7 cm³/mol. The zero-order valence-electron chi connectivity index (χ0n) is 12.9. The summed E-state index contributed by atoms with van der Waals surface area (Å²) in [5.74, 6) is 4.36. The molecule has 0 bridgehead atoms. The smallest absolute Gasteiger partial charge is 0.0254 e. The van der Waals surface area contributed by atoms with Crippen LogP contribution in [0.2, 0.25) is 0 Å². The van der Waals surface area contributed by atoms with Gasteiger partial charge in [0.1, 0.15) is 0 Å². The number of nitrogens with zero attached hydrogens (tertiary/aromatic N) is 1. The summed E-state index contributed by atoms with van der Waals surface area (Å²) < 4.78 is 0. The summed E-state index contributed by atoms with van der Waals surface area (Å²) in [4.78, 5) is 2.69. The quantitative estimate of drug-likeness (QED) is 0.906. The number of rotatable bonds is 5. The van der Waals surface area contributed by atoms with E-state index in [1.807, 2.05) is 0 Å². The Balaban J connectivity index is 1.50. The molecule has 0 radical (unpaired) electrons. The maximum Gasteiger partial charge on any atom is 0.0254 e. The molecule has 2 aliphatic rings. The molecule has 2 unspecified atom stereocenters. The van der Waals surface area contributed by atoms with E-state index in [4.69, 9.17) is 5.73 Å². The van der Waals surface area contributed by atoms with Gasteiger partial charge in [-0.15, -0.1) is 0 Å². The Hall–Kier alpha value is -0.510. The van der Waals surface area contributed by atoms with E-state index in [0.29, 0.717) is 6.04 Å². The average molecular weight is 305 g/mol. The highest BCUT2D eigenvalue weighted by molar-refractivity contribution is 7.99. The van der Waals surface area contributed by atoms with Crippen molar-refractivity contribution in [3.63, 3.8) is 0 Å². The highest BCUT2D eigenvalue weighted by Crippen LogP contribution is 2.31. The molecule has 0 aliphatic carbocycles. The second-order valence-corrected chi connectivity index (χ2v) is 7.75. The Kier molecular flexibility index (Phi) is 5.61. The second-order valence-electron chi connectivity index (χ2n) is 6.60. The molecule has 2 N–H and O–H groups in total. The highest BCUT2D eigenvalue weighted by Gasteiger charge is 2.31. The van der Waals surface area contributed by atoms with E-state index in [2.05, 4.69) is 47.0 Å². The third-order valence-electron chi connectivity index (χ3n) is 5.24. The van der Waals surface area contributed by atoms with Crippen molar-refractivity contribution in [1.29, 1.82) is 0 Å². The van der Waals surface area contributed by atoms with Crippen LogP contribution < -0.4 is 5.73 Å². The normalized spacial score (nSPS) is 26.0. The molecule has 1 aromatic rings. The second kappa shape index (κ2) is 7.66. The maximum atomic E-state index is 6.09. The number of benzene rings is 1. The van der Waals surface area contributed by atoms with Gasteiger partial charge >= 0.3 is 0 Å². The molecule has 0 spiro atoms. The van der Waals surface area contributed by atoms with Crippen LogP contribution in [0.15, 0.2) is 30.3 Å². The lowest BCUT2D eigenvalue weighted by atomic mass is 9.88. The highest BCUT2D eigenvalue weighted by atomic mass is 32.2. The van der Waals surface area contributed by atoms with Crippen molar-refractivity contribution in [3.05, 3.63) is 35.9 Å². The summed E-state index contributed by atoms with van der Waals surface area (Å²) in [6, 6.07) is 11.6.